The lowest BCUT2D eigenvalue weighted by Crippen LogP contribution is -1.91. The maximum atomic E-state index is 11.0. The lowest BCUT2D eigenvalue weighted by Gasteiger charge is -1.90. The zero-order valence-corrected chi connectivity index (χ0v) is 6.95. The van der Waals surface area contributed by atoms with Crippen LogP contribution in [0.25, 0.3) is 5.57 Å². The highest BCUT2D eigenvalue weighted by molar-refractivity contribution is 5.75. The molecule has 0 unspecified atom stereocenters. The molecule has 1 aromatic rings. The second-order valence-electron chi connectivity index (χ2n) is 2.49. The normalized spacial score (nSPS) is 8.85. The molecule has 0 saturated heterocycles. The lowest BCUT2D eigenvalue weighted by atomic mass is 10.1. The Balaban J connectivity index is 3.34. The van der Waals surface area contributed by atoms with Gasteiger partial charge in [-0.3, -0.25) is 4.79 Å². The van der Waals surface area contributed by atoms with Crippen LogP contribution in [0.2, 0.25) is 0 Å². The van der Waals surface area contributed by atoms with Gasteiger partial charge in [0.15, 0.2) is 5.75 Å². The van der Waals surface area contributed by atoms with Gasteiger partial charge < -0.3 is 5.11 Å². The molecule has 0 atom stereocenters. The first kappa shape index (κ1) is 9.08. The Labute approximate surface area is 76.2 Å². The molecule has 0 aromatic heterocycles. The van der Waals surface area contributed by atoms with E-state index in [0.29, 0.717) is 11.1 Å². The summed E-state index contributed by atoms with van der Waals surface area (Å²) < 4.78 is 0. The number of rotatable bonds is 1. The van der Waals surface area contributed by atoms with Crippen molar-refractivity contribution in [3.05, 3.63) is 46.6 Å². The molecular formula is C11H8O2. The summed E-state index contributed by atoms with van der Waals surface area (Å²) in [5, 5.41) is 9.06. The van der Waals surface area contributed by atoms with E-state index in [1.807, 2.05) is 0 Å². The first-order valence-corrected chi connectivity index (χ1v) is 3.64. The molecule has 0 radical (unpaired) electrons. The molecule has 0 bridgehead atoms. The Bertz CT molecular complexity index is 439. The molecule has 1 aromatic carbocycles. The van der Waals surface area contributed by atoms with Crippen LogP contribution in [0.5, 0.6) is 5.75 Å². The highest BCUT2D eigenvalue weighted by Gasteiger charge is 1.95. The Morgan fingerprint density at radius 2 is 2.00 bits per heavy atom. The van der Waals surface area contributed by atoms with E-state index in [1.54, 1.807) is 6.07 Å². The largest absolute Gasteiger partial charge is 0.504 e. The number of allylic oxidation sites excluding steroid dienone is 1. The third-order valence-corrected chi connectivity index (χ3v) is 1.61. The van der Waals surface area contributed by atoms with Crippen LogP contribution in [0.4, 0.5) is 0 Å². The number of hydrogen-bond acceptors (Lipinski definition) is 2. The SMILES string of the molecule is C#CC(=C)c1ccc(O)c(=O)cc1. The van der Waals surface area contributed by atoms with Crippen molar-refractivity contribution in [2.45, 2.75) is 0 Å². The van der Waals surface area contributed by atoms with E-state index >= 15 is 0 Å². The predicted molar refractivity (Wildman–Crippen MR) is 52.2 cm³/mol. The molecule has 1 N–H and O–H groups in total. The minimum Gasteiger partial charge on any atom is -0.504 e. The Morgan fingerprint density at radius 1 is 1.38 bits per heavy atom. The summed E-state index contributed by atoms with van der Waals surface area (Å²) in [5.41, 5.74) is 0.700. The molecule has 0 heterocycles. The molecule has 0 amide bonds. The van der Waals surface area contributed by atoms with Gasteiger partial charge in [-0.15, -0.1) is 6.42 Å². The quantitative estimate of drug-likeness (QED) is 0.650. The average molecular weight is 172 g/mol. The van der Waals surface area contributed by atoms with Crippen molar-refractivity contribution in [2.24, 2.45) is 0 Å². The van der Waals surface area contributed by atoms with Crippen LogP contribution in [-0.2, 0) is 0 Å². The topological polar surface area (TPSA) is 37.3 Å². The molecule has 0 aliphatic rings. The van der Waals surface area contributed by atoms with Gasteiger partial charge in [0.05, 0.1) is 0 Å². The van der Waals surface area contributed by atoms with Gasteiger partial charge in [-0.1, -0.05) is 12.5 Å². The molecule has 0 fully saturated rings. The van der Waals surface area contributed by atoms with E-state index in [1.165, 1.54) is 18.2 Å². The number of hydrogen-bond donors (Lipinski definition) is 1. The smallest absolute Gasteiger partial charge is 0.220 e. The van der Waals surface area contributed by atoms with Crippen LogP contribution in [0.1, 0.15) is 5.56 Å². The van der Waals surface area contributed by atoms with Crippen molar-refractivity contribution >= 4 is 5.57 Å². The van der Waals surface area contributed by atoms with Gasteiger partial charge >= 0.3 is 0 Å². The minimum atomic E-state index is -0.434. The van der Waals surface area contributed by atoms with E-state index in [4.69, 9.17) is 11.5 Å². The molecule has 2 nitrogen and oxygen atoms in total. The van der Waals surface area contributed by atoms with Crippen LogP contribution in [0, 0.1) is 12.3 Å². The van der Waals surface area contributed by atoms with Crippen LogP contribution >= 0.6 is 0 Å². The molecule has 2 heteroatoms. The molecule has 64 valence electrons. The van der Waals surface area contributed by atoms with Crippen LogP contribution in [0.3, 0.4) is 0 Å². The summed E-state index contributed by atoms with van der Waals surface area (Å²) in [6.45, 7) is 3.61. The van der Waals surface area contributed by atoms with Gasteiger partial charge in [0, 0.05) is 5.57 Å². The molecule has 1 rings (SSSR count). The average Bonchev–Trinajstić information content (AvgIpc) is 2.30. The molecule has 13 heavy (non-hydrogen) atoms. The maximum absolute atomic E-state index is 11.0. The fourth-order valence-corrected chi connectivity index (χ4v) is 0.842. The van der Waals surface area contributed by atoms with Gasteiger partial charge in [-0.25, -0.2) is 0 Å². The highest BCUT2D eigenvalue weighted by Crippen LogP contribution is 2.10. The summed E-state index contributed by atoms with van der Waals surface area (Å²) in [5.74, 6) is 2.06. The molecule has 0 saturated carbocycles. The minimum absolute atomic E-state index is 0.295. The van der Waals surface area contributed by atoms with Crippen molar-refractivity contribution in [1.29, 1.82) is 0 Å². The van der Waals surface area contributed by atoms with Gasteiger partial charge in [0.2, 0.25) is 5.43 Å². The standard InChI is InChI=1S/C11H8O2/c1-3-8(2)9-4-6-10(12)11(13)7-5-9/h1,4-7H,2H2,(H,12,13). The molecule has 0 aliphatic carbocycles. The third kappa shape index (κ3) is 1.97. The van der Waals surface area contributed by atoms with Crippen LogP contribution in [0.15, 0.2) is 35.6 Å². The molecular weight excluding hydrogens is 164 g/mol. The summed E-state index contributed by atoms with van der Waals surface area (Å²) in [4.78, 5) is 11.0. The fraction of sp³-hybridized carbons (Fsp3) is 0. The Hall–Kier alpha value is -2.01. The van der Waals surface area contributed by atoms with Crippen molar-refractivity contribution in [3.8, 4) is 18.1 Å². The lowest BCUT2D eigenvalue weighted by molar-refractivity contribution is 0.471. The van der Waals surface area contributed by atoms with E-state index < -0.39 is 5.43 Å². The second-order valence-corrected chi connectivity index (χ2v) is 2.49. The Morgan fingerprint density at radius 3 is 2.62 bits per heavy atom. The van der Waals surface area contributed by atoms with Gasteiger partial charge in [0.25, 0.3) is 0 Å². The summed E-state index contributed by atoms with van der Waals surface area (Å²) in [6, 6.07) is 5.65. The highest BCUT2D eigenvalue weighted by atomic mass is 16.3. The van der Waals surface area contributed by atoms with Crippen molar-refractivity contribution in [1.82, 2.24) is 0 Å². The maximum Gasteiger partial charge on any atom is 0.220 e. The Kier molecular flexibility index (Phi) is 2.51. The second kappa shape index (κ2) is 3.59. The van der Waals surface area contributed by atoms with E-state index in [-0.39, 0.29) is 5.75 Å². The van der Waals surface area contributed by atoms with E-state index in [2.05, 4.69) is 12.5 Å². The van der Waals surface area contributed by atoms with Crippen molar-refractivity contribution in [3.63, 3.8) is 0 Å². The van der Waals surface area contributed by atoms with Gasteiger partial charge in [-0.05, 0) is 29.8 Å². The van der Waals surface area contributed by atoms with Gasteiger partial charge in [-0.2, -0.15) is 0 Å². The van der Waals surface area contributed by atoms with Crippen LogP contribution < -0.4 is 5.43 Å². The van der Waals surface area contributed by atoms with E-state index in [9.17, 15) is 4.79 Å². The van der Waals surface area contributed by atoms with Gasteiger partial charge in [0.1, 0.15) is 0 Å². The summed E-state index contributed by atoms with van der Waals surface area (Å²) in [7, 11) is 0. The van der Waals surface area contributed by atoms with Crippen molar-refractivity contribution < 1.29 is 5.11 Å². The third-order valence-electron chi connectivity index (χ3n) is 1.61. The zero-order chi connectivity index (χ0) is 9.84. The van der Waals surface area contributed by atoms with E-state index in [0.717, 1.165) is 0 Å². The predicted octanol–water partition coefficient (Wildman–Crippen LogP) is 1.40. The number of aromatic hydroxyl groups is 1. The monoisotopic (exact) mass is 172 g/mol. The summed E-state index contributed by atoms with van der Waals surface area (Å²) >= 11 is 0. The van der Waals surface area contributed by atoms with Crippen molar-refractivity contribution in [2.75, 3.05) is 0 Å². The summed E-state index contributed by atoms with van der Waals surface area (Å²) in [6.07, 6.45) is 5.13. The zero-order valence-electron chi connectivity index (χ0n) is 6.95. The molecule has 0 spiro atoms. The number of terminal acetylenes is 1. The fourth-order valence-electron chi connectivity index (χ4n) is 0.842. The first-order chi connectivity index (χ1) is 6.15. The van der Waals surface area contributed by atoms with Crippen LogP contribution in [-0.4, -0.2) is 5.11 Å². The molecule has 0 aliphatic heterocycles. The first-order valence-electron chi connectivity index (χ1n) is 3.64.